The average Bonchev–Trinajstić information content (AvgIpc) is 2.16. The summed E-state index contributed by atoms with van der Waals surface area (Å²) in [5.74, 6) is -0.0461. The molecular weight excluding hydrogens is 192 g/mol. The van der Waals surface area contributed by atoms with Crippen LogP contribution in [-0.4, -0.2) is 27.2 Å². The van der Waals surface area contributed by atoms with Crippen molar-refractivity contribution in [2.24, 2.45) is 0 Å². The third kappa shape index (κ3) is 2.30. The summed E-state index contributed by atoms with van der Waals surface area (Å²) in [5.41, 5.74) is 6.35. The van der Waals surface area contributed by atoms with Crippen LogP contribution in [0.15, 0.2) is 18.5 Å². The van der Waals surface area contributed by atoms with E-state index < -0.39 is 12.2 Å². The molecule has 0 radical (unpaired) electrons. The Hall–Kier alpha value is -0.840. The van der Waals surface area contributed by atoms with Gasteiger partial charge in [0.25, 0.3) is 0 Å². The molecule has 0 aromatic carbocycles. The molecule has 0 spiro atoms. The van der Waals surface area contributed by atoms with Gasteiger partial charge in [-0.15, -0.1) is 11.6 Å². The first-order valence-electron chi connectivity index (χ1n) is 3.78. The molecule has 0 saturated carbocycles. The molecule has 0 saturated heterocycles. The van der Waals surface area contributed by atoms with Crippen molar-refractivity contribution in [2.75, 3.05) is 11.6 Å². The second-order valence-corrected chi connectivity index (χ2v) is 2.98. The molecule has 2 unspecified atom stereocenters. The number of hydrogen-bond acceptors (Lipinski definition) is 4. The molecule has 1 aromatic rings. The number of aromatic nitrogens is 1. The Morgan fingerprint density at radius 2 is 2.23 bits per heavy atom. The summed E-state index contributed by atoms with van der Waals surface area (Å²) >= 11 is 5.38. The zero-order valence-corrected chi connectivity index (χ0v) is 7.65. The Morgan fingerprint density at radius 3 is 2.77 bits per heavy atom. The second-order valence-electron chi connectivity index (χ2n) is 2.67. The SMILES string of the molecule is Nc1ccncc1C(O)C(O)CCl. The Balaban J connectivity index is 2.88. The quantitative estimate of drug-likeness (QED) is 0.616. The molecule has 0 amide bonds. The van der Waals surface area contributed by atoms with Crippen LogP contribution in [0.5, 0.6) is 0 Å². The number of alkyl halides is 1. The molecule has 0 fully saturated rings. The van der Waals surface area contributed by atoms with Crippen LogP contribution in [0.4, 0.5) is 5.69 Å². The first-order chi connectivity index (χ1) is 6.16. The van der Waals surface area contributed by atoms with Crippen LogP contribution in [0.2, 0.25) is 0 Å². The van der Waals surface area contributed by atoms with Gasteiger partial charge in [0, 0.05) is 23.6 Å². The van der Waals surface area contributed by atoms with Gasteiger partial charge >= 0.3 is 0 Å². The molecule has 2 atom stereocenters. The van der Waals surface area contributed by atoms with Crippen molar-refractivity contribution >= 4 is 17.3 Å². The van der Waals surface area contributed by atoms with Crippen LogP contribution in [-0.2, 0) is 0 Å². The van der Waals surface area contributed by atoms with E-state index in [-0.39, 0.29) is 5.88 Å². The van der Waals surface area contributed by atoms with Crippen molar-refractivity contribution in [3.8, 4) is 0 Å². The van der Waals surface area contributed by atoms with Crippen molar-refractivity contribution in [3.05, 3.63) is 24.0 Å². The topological polar surface area (TPSA) is 79.4 Å². The van der Waals surface area contributed by atoms with Gasteiger partial charge in [-0.25, -0.2) is 0 Å². The molecule has 4 N–H and O–H groups in total. The van der Waals surface area contributed by atoms with E-state index in [0.29, 0.717) is 11.3 Å². The lowest BCUT2D eigenvalue weighted by Gasteiger charge is -2.16. The molecule has 0 bridgehead atoms. The van der Waals surface area contributed by atoms with Crippen molar-refractivity contribution in [3.63, 3.8) is 0 Å². The van der Waals surface area contributed by atoms with Gasteiger partial charge in [-0.2, -0.15) is 0 Å². The maximum absolute atomic E-state index is 9.52. The normalized spacial score (nSPS) is 15.3. The highest BCUT2D eigenvalue weighted by Gasteiger charge is 2.19. The fourth-order valence-electron chi connectivity index (χ4n) is 0.956. The fraction of sp³-hybridized carbons (Fsp3) is 0.375. The average molecular weight is 203 g/mol. The highest BCUT2D eigenvalue weighted by molar-refractivity contribution is 6.18. The van der Waals surface area contributed by atoms with Crippen molar-refractivity contribution < 1.29 is 10.2 Å². The third-order valence-electron chi connectivity index (χ3n) is 1.73. The van der Waals surface area contributed by atoms with Crippen LogP contribution >= 0.6 is 11.6 Å². The minimum Gasteiger partial charge on any atom is -0.398 e. The van der Waals surface area contributed by atoms with Gasteiger partial charge in [0.2, 0.25) is 0 Å². The monoisotopic (exact) mass is 202 g/mol. The van der Waals surface area contributed by atoms with Gasteiger partial charge in [-0.05, 0) is 6.07 Å². The lowest BCUT2D eigenvalue weighted by atomic mass is 10.1. The predicted octanol–water partition coefficient (Wildman–Crippen LogP) is 0.297. The molecular formula is C8H11ClN2O2. The minimum atomic E-state index is -1.08. The van der Waals surface area contributed by atoms with Gasteiger partial charge in [0.1, 0.15) is 6.10 Å². The Labute approximate surface area is 81.0 Å². The number of rotatable bonds is 3. The summed E-state index contributed by atoms with van der Waals surface area (Å²) in [4.78, 5) is 3.79. The van der Waals surface area contributed by atoms with Crippen LogP contribution in [0.3, 0.4) is 0 Å². The van der Waals surface area contributed by atoms with E-state index in [9.17, 15) is 10.2 Å². The van der Waals surface area contributed by atoms with Crippen LogP contribution < -0.4 is 5.73 Å². The van der Waals surface area contributed by atoms with Gasteiger partial charge in [0.15, 0.2) is 0 Å². The molecule has 4 nitrogen and oxygen atoms in total. The smallest absolute Gasteiger partial charge is 0.109 e. The van der Waals surface area contributed by atoms with E-state index in [0.717, 1.165) is 0 Å². The summed E-state index contributed by atoms with van der Waals surface area (Å²) in [6.45, 7) is 0. The number of hydrogen-bond donors (Lipinski definition) is 3. The third-order valence-corrected chi connectivity index (χ3v) is 2.04. The molecule has 72 valence electrons. The molecule has 1 rings (SSSR count). The number of halogens is 1. The number of anilines is 1. The molecule has 0 aliphatic rings. The lowest BCUT2D eigenvalue weighted by molar-refractivity contribution is 0.0330. The fourth-order valence-corrected chi connectivity index (χ4v) is 1.12. The van der Waals surface area contributed by atoms with Crippen LogP contribution in [0, 0.1) is 0 Å². The molecule has 0 aliphatic carbocycles. The summed E-state index contributed by atoms with van der Waals surface area (Å²) < 4.78 is 0. The Bertz CT molecular complexity index is 283. The first kappa shape index (κ1) is 10.2. The van der Waals surface area contributed by atoms with Crippen LogP contribution in [0.1, 0.15) is 11.7 Å². The van der Waals surface area contributed by atoms with Gasteiger partial charge < -0.3 is 15.9 Å². The number of nitrogens with two attached hydrogens (primary N) is 1. The van der Waals surface area contributed by atoms with E-state index in [4.69, 9.17) is 17.3 Å². The number of pyridine rings is 1. The number of aliphatic hydroxyl groups is 2. The maximum atomic E-state index is 9.52. The standard InChI is InChI=1S/C8H11ClN2O2/c9-3-7(12)8(13)5-4-11-2-1-6(5)10/h1-2,4,7-8,12-13H,3H2,(H2,10,11). The number of aliphatic hydroxyl groups excluding tert-OH is 2. The molecule has 0 aliphatic heterocycles. The Kier molecular flexibility index (Phi) is 3.48. The number of nitrogens with zero attached hydrogens (tertiary/aromatic N) is 1. The Morgan fingerprint density at radius 1 is 1.54 bits per heavy atom. The molecule has 1 aromatic heterocycles. The summed E-state index contributed by atoms with van der Waals surface area (Å²) in [7, 11) is 0. The summed E-state index contributed by atoms with van der Waals surface area (Å²) in [6.07, 6.45) is 0.827. The molecule has 13 heavy (non-hydrogen) atoms. The van der Waals surface area contributed by atoms with E-state index in [1.165, 1.54) is 12.4 Å². The van der Waals surface area contributed by atoms with E-state index >= 15 is 0 Å². The minimum absolute atomic E-state index is 0.0461. The largest absolute Gasteiger partial charge is 0.398 e. The van der Waals surface area contributed by atoms with Gasteiger partial charge in [-0.3, -0.25) is 4.98 Å². The zero-order valence-electron chi connectivity index (χ0n) is 6.89. The van der Waals surface area contributed by atoms with E-state index in [1.54, 1.807) is 6.07 Å². The zero-order chi connectivity index (χ0) is 9.84. The highest BCUT2D eigenvalue weighted by Crippen LogP contribution is 2.22. The highest BCUT2D eigenvalue weighted by atomic mass is 35.5. The number of nitrogen functional groups attached to an aromatic ring is 1. The van der Waals surface area contributed by atoms with Crippen molar-refractivity contribution in [1.82, 2.24) is 4.98 Å². The maximum Gasteiger partial charge on any atom is 0.109 e. The predicted molar refractivity (Wildman–Crippen MR) is 50.3 cm³/mol. The van der Waals surface area contributed by atoms with Gasteiger partial charge in [0.05, 0.1) is 12.0 Å². The van der Waals surface area contributed by atoms with E-state index in [2.05, 4.69) is 4.98 Å². The lowest BCUT2D eigenvalue weighted by Crippen LogP contribution is -2.20. The first-order valence-corrected chi connectivity index (χ1v) is 4.31. The second kappa shape index (κ2) is 4.41. The summed E-state index contributed by atoms with van der Waals surface area (Å²) in [6, 6.07) is 1.56. The molecule has 1 heterocycles. The van der Waals surface area contributed by atoms with Gasteiger partial charge in [-0.1, -0.05) is 0 Å². The van der Waals surface area contributed by atoms with Crippen LogP contribution in [0.25, 0.3) is 0 Å². The molecule has 5 heteroatoms. The summed E-state index contributed by atoms with van der Waals surface area (Å²) in [5, 5.41) is 18.8. The van der Waals surface area contributed by atoms with Crippen molar-refractivity contribution in [2.45, 2.75) is 12.2 Å². The van der Waals surface area contributed by atoms with Crippen molar-refractivity contribution in [1.29, 1.82) is 0 Å². The van der Waals surface area contributed by atoms with E-state index in [1.807, 2.05) is 0 Å².